The first-order valence-electron chi connectivity index (χ1n) is 10.1. The van der Waals surface area contributed by atoms with E-state index in [2.05, 4.69) is 31.4 Å². The summed E-state index contributed by atoms with van der Waals surface area (Å²) in [6.07, 6.45) is 1.93. The predicted octanol–water partition coefficient (Wildman–Crippen LogP) is 2.10. The molecular weight excluding hydrogens is 342 g/mol. The highest BCUT2D eigenvalue weighted by molar-refractivity contribution is 5.88. The average molecular weight is 387 g/mol. The Balaban J connectivity index is 4.30. The van der Waals surface area contributed by atoms with Gasteiger partial charge >= 0.3 is 0 Å². The zero-order valence-corrected chi connectivity index (χ0v) is 19.1. The van der Waals surface area contributed by atoms with Crippen molar-refractivity contribution in [2.24, 2.45) is 5.41 Å². The van der Waals surface area contributed by atoms with Crippen LogP contribution in [0.1, 0.15) is 67.2 Å². The number of carbonyl (C=O) groups excluding carboxylic acids is 2. The number of ketones is 1. The maximum atomic E-state index is 12.7. The number of aliphatic hydroxyl groups excluding tert-OH is 1. The Morgan fingerprint density at radius 2 is 1.56 bits per heavy atom. The number of hydrogen-bond acceptors (Lipinski definition) is 4. The van der Waals surface area contributed by atoms with Crippen molar-refractivity contribution in [3.63, 3.8) is 0 Å². The van der Waals surface area contributed by atoms with Gasteiger partial charge in [0, 0.05) is 17.5 Å². The van der Waals surface area contributed by atoms with E-state index in [1.807, 2.05) is 41.9 Å². The maximum absolute atomic E-state index is 12.7. The predicted molar refractivity (Wildman–Crippen MR) is 112 cm³/mol. The molecule has 160 valence electrons. The molecule has 0 bridgehead atoms. The normalized spacial score (nSPS) is 15.3. The molecule has 0 aromatic heterocycles. The summed E-state index contributed by atoms with van der Waals surface area (Å²) >= 11 is 0. The number of carbonyl (C=O) groups is 2. The number of nitrogens with zero attached hydrogens (tertiary/aromatic N) is 1. The second-order valence-corrected chi connectivity index (χ2v) is 10.7. The molecule has 0 aliphatic carbocycles. The topological polar surface area (TPSA) is 78.4 Å². The van der Waals surface area contributed by atoms with Crippen LogP contribution in [-0.4, -0.2) is 73.2 Å². The number of nitrogens with one attached hydrogen (secondary N) is 2. The van der Waals surface area contributed by atoms with E-state index >= 15 is 0 Å². The van der Waals surface area contributed by atoms with Gasteiger partial charge in [-0.25, -0.2) is 0 Å². The molecule has 1 amide bonds. The average Bonchev–Trinajstić information content (AvgIpc) is 2.40. The molecule has 0 aromatic carbocycles. The van der Waals surface area contributed by atoms with E-state index < -0.39 is 6.10 Å². The zero-order chi connectivity index (χ0) is 21.5. The highest BCUT2D eigenvalue weighted by Gasteiger charge is 2.31. The molecule has 0 aliphatic heterocycles. The molecule has 3 N–H and O–H groups in total. The van der Waals surface area contributed by atoms with Crippen LogP contribution in [-0.2, 0) is 9.59 Å². The van der Waals surface area contributed by atoms with Gasteiger partial charge in [-0.1, -0.05) is 20.8 Å². The number of likely N-dealkylation sites (N-methyl/N-ethyl adjacent to an activating group) is 1. The van der Waals surface area contributed by atoms with E-state index in [1.54, 1.807) is 0 Å². The first-order chi connectivity index (χ1) is 12.0. The van der Waals surface area contributed by atoms with Crippen LogP contribution in [0.3, 0.4) is 0 Å². The molecule has 0 aromatic rings. The van der Waals surface area contributed by atoms with Crippen molar-refractivity contribution in [1.29, 1.82) is 0 Å². The third-order valence-corrected chi connectivity index (χ3v) is 4.08. The zero-order valence-electron chi connectivity index (χ0n) is 19.1. The van der Waals surface area contributed by atoms with Gasteiger partial charge in [0.25, 0.3) is 0 Å². The summed E-state index contributed by atoms with van der Waals surface area (Å²) in [5.41, 5.74) is -0.500. The number of rotatable bonds is 11. The maximum Gasteiger partial charge on any atom is 0.222 e. The van der Waals surface area contributed by atoms with Crippen LogP contribution < -0.4 is 10.6 Å². The first kappa shape index (κ1) is 26.0. The summed E-state index contributed by atoms with van der Waals surface area (Å²) in [7, 11) is 5.96. The van der Waals surface area contributed by atoms with Crippen molar-refractivity contribution in [1.82, 2.24) is 10.6 Å². The van der Waals surface area contributed by atoms with Crippen molar-refractivity contribution in [3.05, 3.63) is 0 Å². The summed E-state index contributed by atoms with van der Waals surface area (Å²) in [6, 6.07) is -0.174. The lowest BCUT2D eigenvalue weighted by Crippen LogP contribution is -2.50. The molecule has 0 unspecified atom stereocenters. The van der Waals surface area contributed by atoms with Crippen LogP contribution in [0.5, 0.6) is 0 Å². The van der Waals surface area contributed by atoms with Gasteiger partial charge < -0.3 is 20.2 Å². The van der Waals surface area contributed by atoms with Crippen LogP contribution in [0, 0.1) is 5.41 Å². The van der Waals surface area contributed by atoms with Crippen molar-refractivity contribution in [3.8, 4) is 0 Å². The summed E-state index contributed by atoms with van der Waals surface area (Å²) in [5, 5.41) is 16.3. The van der Waals surface area contributed by atoms with Gasteiger partial charge in [0.2, 0.25) is 5.91 Å². The molecule has 2 atom stereocenters. The van der Waals surface area contributed by atoms with Crippen LogP contribution in [0.25, 0.3) is 0 Å². The number of amides is 1. The molecule has 0 fully saturated rings. The molecule has 0 rings (SSSR count). The van der Waals surface area contributed by atoms with Crippen molar-refractivity contribution in [2.75, 3.05) is 34.2 Å². The quantitative estimate of drug-likeness (QED) is 0.375. The second kappa shape index (κ2) is 10.5. The Bertz CT molecular complexity index is 471. The molecule has 0 heterocycles. The molecule has 0 spiro atoms. The lowest BCUT2D eigenvalue weighted by Gasteiger charge is -2.31. The summed E-state index contributed by atoms with van der Waals surface area (Å²) in [6.45, 7) is 13.2. The van der Waals surface area contributed by atoms with Gasteiger partial charge in [0.1, 0.15) is 12.6 Å². The van der Waals surface area contributed by atoms with E-state index in [1.165, 1.54) is 0 Å². The molecule has 0 aliphatic rings. The van der Waals surface area contributed by atoms with Gasteiger partial charge in [0.05, 0.1) is 33.6 Å². The van der Waals surface area contributed by atoms with E-state index in [0.29, 0.717) is 17.6 Å². The van der Waals surface area contributed by atoms with Gasteiger partial charge in [-0.05, 0) is 40.0 Å². The van der Waals surface area contributed by atoms with Crippen LogP contribution >= 0.6 is 0 Å². The SMILES string of the molecule is CC(C)(C)N[C@@H](CCCCNC(=O)C[C@@H](O)C[N+](C)(C)C)C(=O)C(C)(C)C. The summed E-state index contributed by atoms with van der Waals surface area (Å²) in [5.74, 6) is 0.107. The third-order valence-electron chi connectivity index (χ3n) is 4.08. The largest absolute Gasteiger partial charge is 0.387 e. The Morgan fingerprint density at radius 1 is 1.00 bits per heavy atom. The number of Topliss-reactive ketones (excluding diaryl/α,β-unsaturated/α-hetero) is 1. The second-order valence-electron chi connectivity index (χ2n) is 10.7. The highest BCUT2D eigenvalue weighted by atomic mass is 16.3. The fourth-order valence-corrected chi connectivity index (χ4v) is 3.00. The number of aliphatic hydroxyl groups is 1. The fourth-order valence-electron chi connectivity index (χ4n) is 3.00. The molecule has 0 saturated carbocycles. The van der Waals surface area contributed by atoms with Crippen molar-refractivity contribution >= 4 is 11.7 Å². The lowest BCUT2D eigenvalue weighted by molar-refractivity contribution is -0.873. The smallest absolute Gasteiger partial charge is 0.222 e. The fraction of sp³-hybridized carbons (Fsp3) is 0.905. The van der Waals surface area contributed by atoms with Gasteiger partial charge in [-0.3, -0.25) is 9.59 Å². The van der Waals surface area contributed by atoms with Gasteiger partial charge in [-0.2, -0.15) is 0 Å². The van der Waals surface area contributed by atoms with Crippen LogP contribution in [0.2, 0.25) is 0 Å². The van der Waals surface area contributed by atoms with E-state index in [9.17, 15) is 14.7 Å². The molecule has 0 saturated heterocycles. The minimum Gasteiger partial charge on any atom is -0.387 e. The van der Waals surface area contributed by atoms with E-state index in [-0.39, 0.29) is 35.1 Å². The van der Waals surface area contributed by atoms with Gasteiger partial charge in [-0.15, -0.1) is 0 Å². The van der Waals surface area contributed by atoms with E-state index in [0.717, 1.165) is 19.3 Å². The number of unbranched alkanes of at least 4 members (excludes halogenated alkanes) is 1. The summed E-state index contributed by atoms with van der Waals surface area (Å²) in [4.78, 5) is 24.6. The van der Waals surface area contributed by atoms with Gasteiger partial charge in [0.15, 0.2) is 5.78 Å². The monoisotopic (exact) mass is 386 g/mol. The Hall–Kier alpha value is -0.980. The third kappa shape index (κ3) is 13.8. The van der Waals surface area contributed by atoms with E-state index in [4.69, 9.17) is 0 Å². The number of hydrogen-bond donors (Lipinski definition) is 3. The van der Waals surface area contributed by atoms with Crippen LogP contribution in [0.15, 0.2) is 0 Å². The Labute approximate surface area is 166 Å². The Kier molecular flexibility index (Phi) is 10.2. The molecule has 6 nitrogen and oxygen atoms in total. The Morgan fingerprint density at radius 3 is 2.00 bits per heavy atom. The lowest BCUT2D eigenvalue weighted by atomic mass is 9.84. The molecule has 0 radical (unpaired) electrons. The summed E-state index contributed by atoms with van der Waals surface area (Å²) < 4.78 is 0.623. The highest BCUT2D eigenvalue weighted by Crippen LogP contribution is 2.21. The molecular formula is C21H44N3O3+. The van der Waals surface area contributed by atoms with Crippen molar-refractivity contribution in [2.45, 2.75) is 84.9 Å². The van der Waals surface area contributed by atoms with Crippen molar-refractivity contribution < 1.29 is 19.2 Å². The minimum absolute atomic E-state index is 0.119. The first-order valence-corrected chi connectivity index (χ1v) is 10.1. The molecule has 6 heteroatoms. The minimum atomic E-state index is -0.630. The van der Waals surface area contributed by atoms with Crippen LogP contribution in [0.4, 0.5) is 0 Å². The standard InChI is InChI=1S/C21H43N3O3/c1-20(2,3)19(27)17(23-21(4,5)6)12-10-11-13-22-18(26)14-16(25)15-24(7,8)9/h16-17,23,25H,10-15H2,1-9H3/p+1/t16-,17+/m1/s1. The molecule has 27 heavy (non-hydrogen) atoms. The number of quaternary nitrogens is 1.